The van der Waals surface area contributed by atoms with Crippen LogP contribution >= 0.6 is 0 Å². The molecule has 3 heteroatoms. The average molecular weight is 230 g/mol. The van der Waals surface area contributed by atoms with Crippen molar-refractivity contribution in [3.05, 3.63) is 0 Å². The van der Waals surface area contributed by atoms with Crippen molar-refractivity contribution < 1.29 is 14.6 Å². The Bertz CT molecular complexity index is 176. The molecule has 1 fully saturated rings. The molecule has 3 nitrogen and oxygen atoms in total. The van der Waals surface area contributed by atoms with Crippen LogP contribution in [-0.4, -0.2) is 30.2 Å². The lowest BCUT2D eigenvalue weighted by molar-refractivity contribution is -0.178. The number of hydrogen-bond donors (Lipinski definition) is 1. The van der Waals surface area contributed by atoms with Crippen LogP contribution in [0.15, 0.2) is 0 Å². The lowest BCUT2D eigenvalue weighted by Crippen LogP contribution is -2.30. The van der Waals surface area contributed by atoms with Crippen molar-refractivity contribution >= 4 is 0 Å². The molecule has 1 unspecified atom stereocenters. The Kier molecular flexibility index (Phi) is 6.32. The number of rotatable bonds is 8. The van der Waals surface area contributed by atoms with Gasteiger partial charge in [0, 0.05) is 19.4 Å². The number of hydrogen-bond acceptors (Lipinski definition) is 3. The molecule has 0 spiro atoms. The molecule has 0 aliphatic carbocycles. The van der Waals surface area contributed by atoms with E-state index in [1.165, 1.54) is 0 Å². The Morgan fingerprint density at radius 1 is 1.19 bits per heavy atom. The summed E-state index contributed by atoms with van der Waals surface area (Å²) in [6, 6.07) is 0. The summed E-state index contributed by atoms with van der Waals surface area (Å²) in [5.41, 5.74) is 0. The summed E-state index contributed by atoms with van der Waals surface area (Å²) in [5, 5.41) is 8.74. The van der Waals surface area contributed by atoms with Crippen LogP contribution in [-0.2, 0) is 9.47 Å². The van der Waals surface area contributed by atoms with Crippen molar-refractivity contribution in [2.24, 2.45) is 0 Å². The average Bonchev–Trinajstić information content (AvgIpc) is 2.64. The van der Waals surface area contributed by atoms with Crippen molar-refractivity contribution in [3.8, 4) is 0 Å². The van der Waals surface area contributed by atoms with E-state index in [9.17, 15) is 0 Å². The molecule has 1 saturated heterocycles. The van der Waals surface area contributed by atoms with Crippen LogP contribution in [0.4, 0.5) is 0 Å². The minimum absolute atomic E-state index is 0.240. The second-order valence-corrected chi connectivity index (χ2v) is 4.68. The fourth-order valence-corrected chi connectivity index (χ4v) is 2.39. The summed E-state index contributed by atoms with van der Waals surface area (Å²) in [7, 11) is 0. The number of unbranched alkanes of at least 4 members (excludes halogenated alkanes) is 1. The van der Waals surface area contributed by atoms with Gasteiger partial charge in [0.25, 0.3) is 0 Å². The topological polar surface area (TPSA) is 38.7 Å². The third-order valence-corrected chi connectivity index (χ3v) is 3.11. The van der Waals surface area contributed by atoms with Gasteiger partial charge in [0.2, 0.25) is 0 Å². The summed E-state index contributed by atoms with van der Waals surface area (Å²) in [6.45, 7) is 5.35. The van der Waals surface area contributed by atoms with Gasteiger partial charge in [-0.25, -0.2) is 0 Å². The van der Waals surface area contributed by atoms with E-state index >= 15 is 0 Å². The molecule has 1 rings (SSSR count). The van der Waals surface area contributed by atoms with Gasteiger partial charge in [-0.1, -0.05) is 26.7 Å². The van der Waals surface area contributed by atoms with Crippen LogP contribution < -0.4 is 0 Å². The maximum absolute atomic E-state index is 8.74. The molecule has 96 valence electrons. The zero-order valence-electron chi connectivity index (χ0n) is 10.7. The molecule has 1 atom stereocenters. The van der Waals surface area contributed by atoms with Gasteiger partial charge >= 0.3 is 0 Å². The van der Waals surface area contributed by atoms with Crippen molar-refractivity contribution in [1.29, 1.82) is 0 Å². The smallest absolute Gasteiger partial charge is 0.168 e. The molecule has 0 aromatic heterocycles. The predicted molar refractivity (Wildman–Crippen MR) is 64.3 cm³/mol. The summed E-state index contributed by atoms with van der Waals surface area (Å²) in [4.78, 5) is 0. The van der Waals surface area contributed by atoms with Crippen molar-refractivity contribution in [1.82, 2.24) is 0 Å². The van der Waals surface area contributed by atoms with Gasteiger partial charge < -0.3 is 14.6 Å². The first-order valence-electron chi connectivity index (χ1n) is 6.69. The van der Waals surface area contributed by atoms with Crippen LogP contribution in [0.1, 0.15) is 58.8 Å². The Balaban J connectivity index is 2.34. The highest BCUT2D eigenvalue weighted by atomic mass is 16.7. The first kappa shape index (κ1) is 13.9. The lowest BCUT2D eigenvalue weighted by Gasteiger charge is -2.27. The first-order chi connectivity index (χ1) is 7.76. The van der Waals surface area contributed by atoms with E-state index in [1.54, 1.807) is 0 Å². The molecule has 1 heterocycles. The minimum atomic E-state index is -0.298. The summed E-state index contributed by atoms with van der Waals surface area (Å²) < 4.78 is 12.0. The van der Waals surface area contributed by atoms with Gasteiger partial charge in [-0.05, 0) is 19.3 Å². The van der Waals surface area contributed by atoms with Gasteiger partial charge in [-0.2, -0.15) is 0 Å². The predicted octanol–water partition coefficient (Wildman–Crippen LogP) is 2.86. The molecule has 0 amide bonds. The number of aliphatic hydroxyl groups is 1. The van der Waals surface area contributed by atoms with Crippen LogP contribution in [0, 0.1) is 0 Å². The summed E-state index contributed by atoms with van der Waals surface area (Å²) in [6.07, 6.45) is 7.34. The molecule has 0 bridgehead atoms. The van der Waals surface area contributed by atoms with E-state index in [4.69, 9.17) is 14.6 Å². The summed E-state index contributed by atoms with van der Waals surface area (Å²) >= 11 is 0. The maximum Gasteiger partial charge on any atom is 0.168 e. The van der Waals surface area contributed by atoms with Crippen LogP contribution in [0.5, 0.6) is 0 Å². The van der Waals surface area contributed by atoms with Gasteiger partial charge in [0.15, 0.2) is 5.79 Å². The SMILES string of the molecule is CCCC1(CCC)OCC(CCCCO)O1. The van der Waals surface area contributed by atoms with E-state index in [2.05, 4.69) is 13.8 Å². The molecular formula is C13H26O3. The zero-order chi connectivity index (χ0) is 11.9. The van der Waals surface area contributed by atoms with E-state index in [-0.39, 0.29) is 18.5 Å². The molecule has 1 N–H and O–H groups in total. The standard InChI is InChI=1S/C13H26O3/c1-3-8-13(9-4-2)15-11-12(16-13)7-5-6-10-14/h12,14H,3-11H2,1-2H3. The maximum atomic E-state index is 8.74. The lowest BCUT2D eigenvalue weighted by atomic mass is 10.1. The van der Waals surface area contributed by atoms with E-state index in [0.717, 1.165) is 51.6 Å². The van der Waals surface area contributed by atoms with Crippen LogP contribution in [0.3, 0.4) is 0 Å². The van der Waals surface area contributed by atoms with Crippen molar-refractivity contribution in [2.75, 3.05) is 13.2 Å². The second kappa shape index (κ2) is 7.25. The molecule has 0 aromatic carbocycles. The molecule has 1 aliphatic heterocycles. The molecule has 0 radical (unpaired) electrons. The number of ether oxygens (including phenoxy) is 2. The molecular weight excluding hydrogens is 204 g/mol. The number of aliphatic hydroxyl groups excluding tert-OH is 1. The van der Waals surface area contributed by atoms with Crippen molar-refractivity contribution in [2.45, 2.75) is 70.7 Å². The quantitative estimate of drug-likeness (QED) is 0.652. The molecule has 0 aromatic rings. The zero-order valence-corrected chi connectivity index (χ0v) is 10.7. The molecule has 1 aliphatic rings. The Labute approximate surface area is 99.1 Å². The first-order valence-corrected chi connectivity index (χ1v) is 6.69. The molecule has 16 heavy (non-hydrogen) atoms. The molecule has 0 saturated carbocycles. The normalized spacial score (nSPS) is 23.8. The van der Waals surface area contributed by atoms with Gasteiger partial charge in [0.05, 0.1) is 12.7 Å². The van der Waals surface area contributed by atoms with E-state index < -0.39 is 0 Å². The Hall–Kier alpha value is -0.120. The van der Waals surface area contributed by atoms with Gasteiger partial charge in [0.1, 0.15) is 0 Å². The van der Waals surface area contributed by atoms with Gasteiger partial charge in [-0.15, -0.1) is 0 Å². The highest BCUT2D eigenvalue weighted by Crippen LogP contribution is 2.34. The summed E-state index contributed by atoms with van der Waals surface area (Å²) in [5.74, 6) is -0.298. The third-order valence-electron chi connectivity index (χ3n) is 3.11. The van der Waals surface area contributed by atoms with Crippen LogP contribution in [0.25, 0.3) is 0 Å². The van der Waals surface area contributed by atoms with E-state index in [0.29, 0.717) is 0 Å². The fraction of sp³-hybridized carbons (Fsp3) is 1.00. The monoisotopic (exact) mass is 230 g/mol. The van der Waals surface area contributed by atoms with Gasteiger partial charge in [-0.3, -0.25) is 0 Å². The Morgan fingerprint density at radius 3 is 2.44 bits per heavy atom. The third kappa shape index (κ3) is 4.04. The van der Waals surface area contributed by atoms with Crippen molar-refractivity contribution in [3.63, 3.8) is 0 Å². The second-order valence-electron chi connectivity index (χ2n) is 4.68. The highest BCUT2D eigenvalue weighted by Gasteiger charge is 2.39. The minimum Gasteiger partial charge on any atom is -0.396 e. The van der Waals surface area contributed by atoms with E-state index in [1.807, 2.05) is 0 Å². The largest absolute Gasteiger partial charge is 0.396 e. The fourth-order valence-electron chi connectivity index (χ4n) is 2.39. The Morgan fingerprint density at radius 2 is 1.88 bits per heavy atom. The highest BCUT2D eigenvalue weighted by molar-refractivity contribution is 4.78. The van der Waals surface area contributed by atoms with Crippen LogP contribution in [0.2, 0.25) is 0 Å².